The van der Waals surface area contributed by atoms with E-state index in [1.54, 1.807) is 0 Å². The van der Waals surface area contributed by atoms with Gasteiger partial charge in [0.1, 0.15) is 0 Å². The van der Waals surface area contributed by atoms with Gasteiger partial charge in [-0.05, 0) is 170 Å². The average molecular weight is 733 g/mol. The van der Waals surface area contributed by atoms with Crippen molar-refractivity contribution < 1.29 is 0 Å². The largest absolute Gasteiger partial charge is 0.310 e. The number of benzene rings is 8. The van der Waals surface area contributed by atoms with Crippen LogP contribution in [-0.4, -0.2) is 0 Å². The first kappa shape index (κ1) is 33.7. The quantitative estimate of drug-likeness (QED) is 0.168. The lowest BCUT2D eigenvalue weighted by molar-refractivity contribution is 0.652. The summed E-state index contributed by atoms with van der Waals surface area (Å²) in [6, 6.07) is 67.2. The topological polar surface area (TPSA) is 6.48 Å². The van der Waals surface area contributed by atoms with Gasteiger partial charge in [-0.2, -0.15) is 0 Å². The molecule has 3 aliphatic rings. The smallest absolute Gasteiger partial charge is 0.0465 e. The van der Waals surface area contributed by atoms with Gasteiger partial charge in [-0.25, -0.2) is 0 Å². The third kappa shape index (κ3) is 5.10. The van der Waals surface area contributed by atoms with Crippen molar-refractivity contribution in [1.82, 2.24) is 0 Å². The van der Waals surface area contributed by atoms with Crippen LogP contribution in [0.15, 0.2) is 182 Å². The van der Waals surface area contributed by atoms with Gasteiger partial charge in [-0.15, -0.1) is 0 Å². The molecule has 0 fully saturated rings. The lowest BCUT2D eigenvalue weighted by Gasteiger charge is -2.28. The van der Waals surface area contributed by atoms with Gasteiger partial charge >= 0.3 is 0 Å². The Hall–Kier alpha value is -6.64. The molecule has 0 amide bonds. The van der Waals surface area contributed by atoms with Crippen LogP contribution in [0.5, 0.6) is 0 Å². The molecule has 8 aromatic rings. The molecule has 2 heteroatoms. The van der Waals surface area contributed by atoms with Crippen LogP contribution in [0.1, 0.15) is 61.1 Å². The molecule has 0 aromatic heterocycles. The van der Waals surface area contributed by atoms with Gasteiger partial charge in [-0.1, -0.05) is 113 Å². The van der Waals surface area contributed by atoms with Crippen LogP contribution >= 0.6 is 0 Å². The molecule has 0 bridgehead atoms. The monoisotopic (exact) mass is 732 g/mol. The van der Waals surface area contributed by atoms with Crippen molar-refractivity contribution >= 4 is 34.1 Å². The van der Waals surface area contributed by atoms with Gasteiger partial charge in [0.15, 0.2) is 0 Å². The van der Waals surface area contributed by atoms with Crippen molar-refractivity contribution in [3.8, 4) is 33.4 Å². The molecule has 57 heavy (non-hydrogen) atoms. The number of para-hydroxylation sites is 4. The van der Waals surface area contributed by atoms with Crippen LogP contribution in [0.2, 0.25) is 0 Å². The summed E-state index contributed by atoms with van der Waals surface area (Å²) in [5.74, 6) is 0. The summed E-state index contributed by atoms with van der Waals surface area (Å²) in [6.07, 6.45) is 0.933. The van der Waals surface area contributed by atoms with Gasteiger partial charge in [0.2, 0.25) is 0 Å². The molecule has 8 aromatic carbocycles. The number of rotatable bonds is 6. The molecule has 0 radical (unpaired) electrons. The van der Waals surface area contributed by atoms with E-state index in [-0.39, 0.29) is 10.8 Å². The van der Waals surface area contributed by atoms with Crippen molar-refractivity contribution in [2.24, 2.45) is 0 Å². The maximum absolute atomic E-state index is 2.55. The van der Waals surface area contributed by atoms with Crippen molar-refractivity contribution in [2.45, 2.75) is 44.9 Å². The molecule has 0 saturated heterocycles. The van der Waals surface area contributed by atoms with E-state index in [4.69, 9.17) is 0 Å². The highest BCUT2D eigenvalue weighted by molar-refractivity contribution is 5.94. The fourth-order valence-electron chi connectivity index (χ4n) is 10.1. The maximum Gasteiger partial charge on any atom is 0.0465 e. The number of anilines is 6. The first-order chi connectivity index (χ1) is 27.8. The zero-order valence-corrected chi connectivity index (χ0v) is 32.9. The predicted octanol–water partition coefficient (Wildman–Crippen LogP) is 14.8. The minimum Gasteiger partial charge on any atom is -0.310 e. The van der Waals surface area contributed by atoms with Crippen molar-refractivity contribution in [1.29, 1.82) is 0 Å². The lowest BCUT2D eigenvalue weighted by Crippen LogP contribution is -2.17. The summed E-state index contributed by atoms with van der Waals surface area (Å²) >= 11 is 0. The molecule has 0 unspecified atom stereocenters. The first-order valence-corrected chi connectivity index (χ1v) is 20.2. The molecule has 0 saturated carbocycles. The molecule has 0 spiro atoms. The van der Waals surface area contributed by atoms with Gasteiger partial charge in [0.25, 0.3) is 0 Å². The number of fused-ring (bicyclic) bond motifs is 9. The van der Waals surface area contributed by atoms with Crippen LogP contribution < -0.4 is 9.80 Å². The summed E-state index contributed by atoms with van der Waals surface area (Å²) in [6.45, 7) is 9.67. The Balaban J connectivity index is 0.977. The maximum atomic E-state index is 2.55. The highest BCUT2D eigenvalue weighted by Gasteiger charge is 2.43. The molecule has 274 valence electrons. The normalized spacial score (nSPS) is 14.5. The highest BCUT2D eigenvalue weighted by atomic mass is 15.1. The minimum atomic E-state index is -0.158. The van der Waals surface area contributed by atoms with E-state index < -0.39 is 0 Å². The number of hydrogen-bond donors (Lipinski definition) is 0. The zero-order chi connectivity index (χ0) is 38.5. The summed E-state index contributed by atoms with van der Waals surface area (Å²) in [5.41, 5.74) is 23.4. The Labute approximate surface area is 336 Å². The van der Waals surface area contributed by atoms with E-state index in [1.807, 2.05) is 0 Å². The number of hydrogen-bond acceptors (Lipinski definition) is 2. The molecular formula is C55H44N2. The third-order valence-corrected chi connectivity index (χ3v) is 13.0. The Bertz CT molecular complexity index is 2780. The fourth-order valence-corrected chi connectivity index (χ4v) is 10.1. The summed E-state index contributed by atoms with van der Waals surface area (Å²) in [7, 11) is 0. The Morgan fingerprint density at radius 1 is 0.298 bits per heavy atom. The molecule has 0 aliphatic heterocycles. The van der Waals surface area contributed by atoms with Crippen molar-refractivity contribution in [3.05, 3.63) is 215 Å². The summed E-state index contributed by atoms with van der Waals surface area (Å²) in [5, 5.41) is 0. The van der Waals surface area contributed by atoms with Crippen LogP contribution in [-0.2, 0) is 17.3 Å². The SMILES string of the molecule is CC1(C)c2cc(N(c3ccccc3)c3ccccc3)ccc2-c2cc3c(cc21)-c1cc2c(cc1C3(C)C)-c1ccc(N(c3ccccc3)c3ccccc3)cc1C2. The van der Waals surface area contributed by atoms with Crippen molar-refractivity contribution in [2.75, 3.05) is 9.80 Å². The van der Waals surface area contributed by atoms with E-state index in [1.165, 1.54) is 78.1 Å². The minimum absolute atomic E-state index is 0.126. The van der Waals surface area contributed by atoms with E-state index in [0.717, 1.165) is 29.2 Å². The van der Waals surface area contributed by atoms with Crippen molar-refractivity contribution in [3.63, 3.8) is 0 Å². The average Bonchev–Trinajstić information content (AvgIpc) is 3.79. The summed E-state index contributed by atoms with van der Waals surface area (Å²) < 4.78 is 0. The van der Waals surface area contributed by atoms with Gasteiger partial charge < -0.3 is 9.80 Å². The van der Waals surface area contributed by atoms with E-state index in [0.29, 0.717) is 0 Å². The third-order valence-electron chi connectivity index (χ3n) is 13.0. The molecule has 0 atom stereocenters. The van der Waals surface area contributed by atoms with E-state index in [9.17, 15) is 0 Å². The van der Waals surface area contributed by atoms with Gasteiger partial charge in [-0.3, -0.25) is 0 Å². The van der Waals surface area contributed by atoms with Crippen LogP contribution in [0, 0.1) is 0 Å². The van der Waals surface area contributed by atoms with Gasteiger partial charge in [0, 0.05) is 45.0 Å². The predicted molar refractivity (Wildman–Crippen MR) is 239 cm³/mol. The molecule has 0 heterocycles. The van der Waals surface area contributed by atoms with Gasteiger partial charge in [0.05, 0.1) is 0 Å². The van der Waals surface area contributed by atoms with Crippen LogP contribution in [0.25, 0.3) is 33.4 Å². The zero-order valence-electron chi connectivity index (χ0n) is 32.9. The second-order valence-corrected chi connectivity index (χ2v) is 17.0. The standard InChI is InChI=1S/C55H44N2/c1-54(2)50-32-43(57(40-21-13-7-14-22-40)41-23-15-8-16-24-41)26-28-45(50)48-34-53-49(35-52(48)54)47-31-37-29-36-30-42(25-27-44(36)46(37)33-51(47)55(53,3)4)56(38-17-9-5-10-18-38)39-19-11-6-12-20-39/h5-28,30-35H,29H2,1-4H3. The number of nitrogens with zero attached hydrogens (tertiary/aromatic N) is 2. The molecule has 11 rings (SSSR count). The Morgan fingerprint density at radius 2 is 0.649 bits per heavy atom. The second kappa shape index (κ2) is 12.4. The lowest BCUT2D eigenvalue weighted by atomic mass is 9.79. The molecule has 2 nitrogen and oxygen atoms in total. The van der Waals surface area contributed by atoms with E-state index >= 15 is 0 Å². The second-order valence-electron chi connectivity index (χ2n) is 17.0. The Morgan fingerprint density at radius 3 is 1.12 bits per heavy atom. The molecule has 0 N–H and O–H groups in total. The van der Waals surface area contributed by atoms with Crippen LogP contribution in [0.4, 0.5) is 34.1 Å². The highest BCUT2D eigenvalue weighted by Crippen LogP contribution is 2.58. The molecule has 3 aliphatic carbocycles. The van der Waals surface area contributed by atoms with Crippen LogP contribution in [0.3, 0.4) is 0 Å². The summed E-state index contributed by atoms with van der Waals surface area (Å²) in [4.78, 5) is 4.74. The Kier molecular flexibility index (Phi) is 7.35. The van der Waals surface area contributed by atoms with E-state index in [2.05, 4.69) is 219 Å². The fraction of sp³-hybridized carbons (Fsp3) is 0.127. The molecular weight excluding hydrogens is 689 g/mol. The first-order valence-electron chi connectivity index (χ1n) is 20.2.